The van der Waals surface area contributed by atoms with Crippen LogP contribution in [0.2, 0.25) is 0 Å². The molecule has 1 aliphatic heterocycles. The van der Waals surface area contributed by atoms with Crippen molar-refractivity contribution in [3.63, 3.8) is 0 Å². The maximum absolute atomic E-state index is 4.30. The molecule has 0 saturated carbocycles. The highest BCUT2D eigenvalue weighted by molar-refractivity contribution is 7.99. The molecule has 3 nitrogen and oxygen atoms in total. The Morgan fingerprint density at radius 3 is 3.00 bits per heavy atom. The van der Waals surface area contributed by atoms with E-state index in [0.29, 0.717) is 0 Å². The average Bonchev–Trinajstić information content (AvgIpc) is 2.74. The minimum absolute atomic E-state index is 0.800. The van der Waals surface area contributed by atoms with Gasteiger partial charge in [-0.15, -0.1) is 10.2 Å². The lowest BCUT2D eigenvalue weighted by atomic mass is 9.98. The molecule has 2 aromatic rings. The number of rotatable bonds is 2. The van der Waals surface area contributed by atoms with Gasteiger partial charge in [-0.25, -0.2) is 0 Å². The number of hydrogen-bond donors (Lipinski definition) is 0. The molecule has 3 rings (SSSR count). The molecule has 0 aliphatic carbocycles. The van der Waals surface area contributed by atoms with Crippen molar-refractivity contribution < 1.29 is 0 Å². The second-order valence-corrected chi connectivity index (χ2v) is 5.53. The monoisotopic (exact) mass is 233 g/mol. The van der Waals surface area contributed by atoms with Crippen LogP contribution in [-0.4, -0.2) is 26.1 Å². The zero-order valence-corrected chi connectivity index (χ0v) is 9.99. The van der Waals surface area contributed by atoms with Gasteiger partial charge in [0.1, 0.15) is 5.82 Å². The van der Waals surface area contributed by atoms with Crippen LogP contribution in [0.15, 0.2) is 24.4 Å². The van der Waals surface area contributed by atoms with E-state index in [1.807, 2.05) is 18.2 Å². The molecule has 1 saturated heterocycles. The Labute approximate surface area is 99.3 Å². The van der Waals surface area contributed by atoms with E-state index in [9.17, 15) is 0 Å². The van der Waals surface area contributed by atoms with E-state index in [1.54, 1.807) is 0 Å². The highest BCUT2D eigenvalue weighted by atomic mass is 32.2. The fourth-order valence-corrected chi connectivity index (χ4v) is 3.44. The van der Waals surface area contributed by atoms with E-state index in [-0.39, 0.29) is 0 Å². The van der Waals surface area contributed by atoms with Crippen LogP contribution in [0.3, 0.4) is 0 Å². The number of fused-ring (bicyclic) bond motifs is 1. The molecule has 0 N–H and O–H groups in total. The summed E-state index contributed by atoms with van der Waals surface area (Å²) in [5.74, 6) is 4.53. The molecule has 16 heavy (non-hydrogen) atoms. The molecule has 0 atom stereocenters. The van der Waals surface area contributed by atoms with Crippen LogP contribution in [0.4, 0.5) is 0 Å². The summed E-state index contributed by atoms with van der Waals surface area (Å²) in [7, 11) is 0. The Hall–Kier alpha value is -1.03. The molecular weight excluding hydrogens is 218 g/mol. The Morgan fingerprint density at radius 1 is 1.25 bits per heavy atom. The van der Waals surface area contributed by atoms with E-state index in [1.165, 1.54) is 24.3 Å². The van der Waals surface area contributed by atoms with Gasteiger partial charge in [0.15, 0.2) is 5.65 Å². The first-order valence-corrected chi connectivity index (χ1v) is 6.95. The molecule has 3 heterocycles. The maximum atomic E-state index is 4.30. The molecule has 0 spiro atoms. The van der Waals surface area contributed by atoms with Gasteiger partial charge in [0.2, 0.25) is 0 Å². The third kappa shape index (κ3) is 1.94. The number of hydrogen-bond acceptors (Lipinski definition) is 3. The van der Waals surface area contributed by atoms with Crippen LogP contribution in [0.25, 0.3) is 5.65 Å². The van der Waals surface area contributed by atoms with Gasteiger partial charge in [-0.05, 0) is 42.4 Å². The molecule has 1 aliphatic rings. The fraction of sp³-hybridized carbons (Fsp3) is 0.500. The number of pyridine rings is 1. The van der Waals surface area contributed by atoms with E-state index >= 15 is 0 Å². The molecule has 0 unspecified atom stereocenters. The summed E-state index contributed by atoms with van der Waals surface area (Å²) >= 11 is 2.07. The van der Waals surface area contributed by atoms with Crippen molar-refractivity contribution >= 4 is 17.4 Å². The van der Waals surface area contributed by atoms with Gasteiger partial charge < -0.3 is 0 Å². The summed E-state index contributed by atoms with van der Waals surface area (Å²) in [5.41, 5.74) is 0.961. The Balaban J connectivity index is 1.83. The van der Waals surface area contributed by atoms with Crippen molar-refractivity contribution in [1.82, 2.24) is 14.6 Å². The smallest absolute Gasteiger partial charge is 0.160 e. The third-order valence-corrected chi connectivity index (χ3v) is 4.25. The van der Waals surface area contributed by atoms with Gasteiger partial charge in [0, 0.05) is 12.6 Å². The Morgan fingerprint density at radius 2 is 2.12 bits per heavy atom. The number of aromatic nitrogens is 3. The maximum Gasteiger partial charge on any atom is 0.160 e. The van der Waals surface area contributed by atoms with Crippen LogP contribution in [0, 0.1) is 5.92 Å². The van der Waals surface area contributed by atoms with Gasteiger partial charge in [-0.2, -0.15) is 11.8 Å². The molecule has 0 radical (unpaired) electrons. The normalized spacial score (nSPS) is 18.0. The van der Waals surface area contributed by atoms with Crippen LogP contribution in [-0.2, 0) is 6.42 Å². The largest absolute Gasteiger partial charge is 0.286 e. The van der Waals surface area contributed by atoms with Gasteiger partial charge in [0.25, 0.3) is 0 Å². The zero-order valence-electron chi connectivity index (χ0n) is 9.17. The van der Waals surface area contributed by atoms with Crippen LogP contribution in [0.1, 0.15) is 18.7 Å². The summed E-state index contributed by atoms with van der Waals surface area (Å²) in [5, 5.41) is 8.49. The molecule has 2 aromatic heterocycles. The van der Waals surface area contributed by atoms with E-state index < -0.39 is 0 Å². The average molecular weight is 233 g/mol. The SMILES string of the molecule is c1ccn2c(CC3CCSCC3)nnc2c1. The molecule has 0 amide bonds. The van der Waals surface area contributed by atoms with E-state index in [0.717, 1.165) is 23.8 Å². The van der Waals surface area contributed by atoms with Crippen molar-refractivity contribution in [3.05, 3.63) is 30.2 Å². The zero-order chi connectivity index (χ0) is 10.8. The van der Waals surface area contributed by atoms with Gasteiger partial charge >= 0.3 is 0 Å². The van der Waals surface area contributed by atoms with Crippen molar-refractivity contribution in [2.45, 2.75) is 19.3 Å². The van der Waals surface area contributed by atoms with Crippen LogP contribution >= 0.6 is 11.8 Å². The molecule has 4 heteroatoms. The van der Waals surface area contributed by atoms with Crippen molar-refractivity contribution in [2.24, 2.45) is 5.92 Å². The van der Waals surface area contributed by atoms with Crippen molar-refractivity contribution in [2.75, 3.05) is 11.5 Å². The van der Waals surface area contributed by atoms with Crippen molar-refractivity contribution in [1.29, 1.82) is 0 Å². The van der Waals surface area contributed by atoms with Gasteiger partial charge in [-0.1, -0.05) is 6.07 Å². The minimum atomic E-state index is 0.800. The molecule has 0 bridgehead atoms. The highest BCUT2D eigenvalue weighted by Crippen LogP contribution is 2.25. The molecular formula is C12H15N3S. The fourth-order valence-electron chi connectivity index (χ4n) is 2.24. The van der Waals surface area contributed by atoms with Gasteiger partial charge in [-0.3, -0.25) is 4.40 Å². The van der Waals surface area contributed by atoms with Crippen molar-refractivity contribution in [3.8, 4) is 0 Å². The van der Waals surface area contributed by atoms with Crippen LogP contribution in [0.5, 0.6) is 0 Å². The Bertz CT molecular complexity index is 474. The minimum Gasteiger partial charge on any atom is -0.286 e. The second kappa shape index (κ2) is 4.45. The summed E-state index contributed by atoms with van der Waals surface area (Å²) in [6, 6.07) is 6.05. The van der Waals surface area contributed by atoms with E-state index in [4.69, 9.17) is 0 Å². The molecule has 0 aromatic carbocycles. The standard InChI is InChI=1S/C12H15N3S/c1-2-6-15-11(3-1)13-14-12(15)9-10-4-7-16-8-5-10/h1-3,6,10H,4-5,7-9H2. The topological polar surface area (TPSA) is 30.2 Å². The summed E-state index contributed by atoms with van der Waals surface area (Å²) in [4.78, 5) is 0. The predicted molar refractivity (Wildman–Crippen MR) is 66.7 cm³/mol. The Kier molecular flexibility index (Phi) is 2.82. The lowest BCUT2D eigenvalue weighted by Gasteiger charge is -2.20. The number of thioether (sulfide) groups is 1. The predicted octanol–water partition coefficient (Wildman–Crippen LogP) is 2.42. The van der Waals surface area contributed by atoms with Crippen LogP contribution < -0.4 is 0 Å². The van der Waals surface area contributed by atoms with Gasteiger partial charge in [0.05, 0.1) is 0 Å². The third-order valence-electron chi connectivity index (χ3n) is 3.20. The first-order chi connectivity index (χ1) is 7.93. The quantitative estimate of drug-likeness (QED) is 0.798. The molecule has 1 fully saturated rings. The molecule has 84 valence electrons. The second-order valence-electron chi connectivity index (χ2n) is 4.30. The summed E-state index contributed by atoms with van der Waals surface area (Å²) < 4.78 is 2.11. The lowest BCUT2D eigenvalue weighted by Crippen LogP contribution is -2.13. The summed E-state index contributed by atoms with van der Waals surface area (Å²) in [6.07, 6.45) is 5.78. The lowest BCUT2D eigenvalue weighted by molar-refractivity contribution is 0.474. The first-order valence-electron chi connectivity index (χ1n) is 5.80. The highest BCUT2D eigenvalue weighted by Gasteiger charge is 2.16. The first kappa shape index (κ1) is 10.1. The van der Waals surface area contributed by atoms with E-state index in [2.05, 4.69) is 32.6 Å². The number of nitrogens with zero attached hydrogens (tertiary/aromatic N) is 3. The summed E-state index contributed by atoms with van der Waals surface area (Å²) in [6.45, 7) is 0.